The van der Waals surface area contributed by atoms with E-state index < -0.39 is 11.7 Å². The van der Waals surface area contributed by atoms with Gasteiger partial charge in [-0.25, -0.2) is 9.31 Å². The van der Waals surface area contributed by atoms with Crippen molar-refractivity contribution in [3.8, 4) is 0 Å². The molecular weight excluding hydrogens is 308 g/mol. The molecule has 0 aromatic carbocycles. The lowest BCUT2D eigenvalue weighted by molar-refractivity contribution is 0.0228. The van der Waals surface area contributed by atoms with Crippen molar-refractivity contribution in [1.29, 1.82) is 0 Å². The highest BCUT2D eigenvalue weighted by atomic mass is 16.6. The molecule has 134 valence electrons. The molecular formula is C17H28N4O3. The number of ether oxygens (including phenoxy) is 1. The summed E-state index contributed by atoms with van der Waals surface area (Å²) in [5, 5.41) is 4.31. The summed E-state index contributed by atoms with van der Waals surface area (Å²) in [6.45, 7) is 12.2. The number of H-pyrrole nitrogens is 1. The van der Waals surface area contributed by atoms with E-state index in [4.69, 9.17) is 4.74 Å². The third kappa shape index (κ3) is 5.40. The standard InChI is InChI=1S/C15H22N4O3.C2H6/c1-5-8-18(14(21)22-15(2,3)4)10-12-16-13(20)11-7-6-9-19(11)17-12;1-2/h6-7,9H,5,8,10H2,1-4H3,(H,16,17,20);1-2H3. The first kappa shape index (κ1) is 19.7. The van der Waals surface area contributed by atoms with Gasteiger partial charge in [-0.15, -0.1) is 0 Å². The number of hydrogen-bond donors (Lipinski definition) is 1. The summed E-state index contributed by atoms with van der Waals surface area (Å²) in [6.07, 6.45) is 2.07. The molecule has 0 fully saturated rings. The van der Waals surface area contributed by atoms with Crippen molar-refractivity contribution >= 4 is 11.6 Å². The van der Waals surface area contributed by atoms with Crippen molar-refractivity contribution in [2.24, 2.45) is 0 Å². The van der Waals surface area contributed by atoms with Gasteiger partial charge in [-0.2, -0.15) is 5.10 Å². The van der Waals surface area contributed by atoms with E-state index in [1.54, 1.807) is 23.2 Å². The number of carbonyl (C=O) groups excluding carboxylic acids is 1. The highest BCUT2D eigenvalue weighted by Gasteiger charge is 2.22. The fraction of sp³-hybridized carbons (Fsp3) is 0.588. The molecule has 0 spiro atoms. The Hall–Kier alpha value is -2.31. The molecule has 0 saturated heterocycles. The first-order valence-corrected chi connectivity index (χ1v) is 8.34. The van der Waals surface area contributed by atoms with Gasteiger partial charge >= 0.3 is 6.09 Å². The van der Waals surface area contributed by atoms with Crippen molar-refractivity contribution in [2.75, 3.05) is 6.54 Å². The molecule has 0 radical (unpaired) electrons. The number of fused-ring (bicyclic) bond motifs is 1. The van der Waals surface area contributed by atoms with Crippen LogP contribution in [0.2, 0.25) is 0 Å². The van der Waals surface area contributed by atoms with E-state index >= 15 is 0 Å². The summed E-state index contributed by atoms with van der Waals surface area (Å²) in [6, 6.07) is 3.44. The van der Waals surface area contributed by atoms with Gasteiger partial charge in [0.2, 0.25) is 0 Å². The monoisotopic (exact) mass is 336 g/mol. The molecule has 0 atom stereocenters. The second-order valence-electron chi connectivity index (χ2n) is 6.14. The number of nitrogens with one attached hydrogen (secondary N) is 1. The van der Waals surface area contributed by atoms with Crippen LogP contribution < -0.4 is 5.56 Å². The topological polar surface area (TPSA) is 79.7 Å². The minimum atomic E-state index is -0.561. The molecule has 24 heavy (non-hydrogen) atoms. The molecule has 1 amide bonds. The highest BCUT2D eigenvalue weighted by molar-refractivity contribution is 5.68. The van der Waals surface area contributed by atoms with Crippen molar-refractivity contribution in [3.63, 3.8) is 0 Å². The molecule has 0 aliphatic heterocycles. The zero-order chi connectivity index (χ0) is 18.3. The summed E-state index contributed by atoms with van der Waals surface area (Å²) in [5.41, 5.74) is -0.312. The van der Waals surface area contributed by atoms with Crippen molar-refractivity contribution in [2.45, 2.75) is 60.1 Å². The van der Waals surface area contributed by atoms with Gasteiger partial charge in [0, 0.05) is 12.7 Å². The summed E-state index contributed by atoms with van der Waals surface area (Å²) in [5.74, 6) is 0.424. The molecule has 2 heterocycles. The summed E-state index contributed by atoms with van der Waals surface area (Å²) < 4.78 is 6.90. The molecule has 7 heteroatoms. The zero-order valence-corrected chi connectivity index (χ0v) is 15.4. The van der Waals surface area contributed by atoms with Crippen molar-refractivity contribution in [1.82, 2.24) is 19.5 Å². The van der Waals surface area contributed by atoms with E-state index in [9.17, 15) is 9.59 Å². The molecule has 1 N–H and O–H groups in total. The van der Waals surface area contributed by atoms with Crippen LogP contribution in [0.25, 0.3) is 5.52 Å². The molecule has 0 aliphatic rings. The maximum Gasteiger partial charge on any atom is 0.410 e. The van der Waals surface area contributed by atoms with Crippen LogP contribution in [0.15, 0.2) is 23.1 Å². The molecule has 2 aromatic rings. The SMILES string of the molecule is CC.CCCN(Cc1nn2cccc2c(=O)[nH]1)C(=O)OC(C)(C)C. The lowest BCUT2D eigenvalue weighted by atomic mass is 10.2. The van der Waals surface area contributed by atoms with Gasteiger partial charge in [0.05, 0.1) is 6.54 Å². The van der Waals surface area contributed by atoms with Gasteiger partial charge in [0.15, 0.2) is 0 Å². The summed E-state index contributed by atoms with van der Waals surface area (Å²) in [7, 11) is 0. The lowest BCUT2D eigenvalue weighted by Gasteiger charge is -2.26. The second-order valence-corrected chi connectivity index (χ2v) is 6.14. The van der Waals surface area contributed by atoms with Crippen LogP contribution >= 0.6 is 0 Å². The molecule has 0 saturated carbocycles. The third-order valence-corrected chi connectivity index (χ3v) is 2.93. The Kier molecular flexibility index (Phi) is 7.00. The Labute approximate surface area is 142 Å². The van der Waals surface area contributed by atoms with Gasteiger partial charge in [-0.1, -0.05) is 20.8 Å². The van der Waals surface area contributed by atoms with Crippen molar-refractivity contribution < 1.29 is 9.53 Å². The smallest absolute Gasteiger partial charge is 0.410 e. The number of aromatic amines is 1. The third-order valence-electron chi connectivity index (χ3n) is 2.93. The number of rotatable bonds is 4. The van der Waals surface area contributed by atoms with E-state index in [1.165, 1.54) is 4.52 Å². The van der Waals surface area contributed by atoms with Crippen LogP contribution in [-0.2, 0) is 11.3 Å². The average molecular weight is 336 g/mol. The van der Waals surface area contributed by atoms with Gasteiger partial charge in [0.25, 0.3) is 5.56 Å². The molecule has 0 aliphatic carbocycles. The first-order chi connectivity index (χ1) is 11.3. The van der Waals surface area contributed by atoms with E-state index in [-0.39, 0.29) is 12.1 Å². The van der Waals surface area contributed by atoms with Crippen LogP contribution in [0.5, 0.6) is 0 Å². The van der Waals surface area contributed by atoms with E-state index in [0.717, 1.165) is 6.42 Å². The predicted octanol–water partition coefficient (Wildman–Crippen LogP) is 3.20. The zero-order valence-electron chi connectivity index (χ0n) is 15.4. The summed E-state index contributed by atoms with van der Waals surface area (Å²) in [4.78, 5) is 28.4. The molecule has 2 aromatic heterocycles. The fourth-order valence-corrected chi connectivity index (χ4v) is 2.07. The number of amides is 1. The van der Waals surface area contributed by atoms with Crippen LogP contribution in [0, 0.1) is 0 Å². The largest absolute Gasteiger partial charge is 0.444 e. The predicted molar refractivity (Wildman–Crippen MR) is 94.1 cm³/mol. The Bertz CT molecular complexity index is 712. The van der Waals surface area contributed by atoms with E-state index in [0.29, 0.717) is 17.9 Å². The minimum Gasteiger partial charge on any atom is -0.444 e. The average Bonchev–Trinajstić information content (AvgIpc) is 2.96. The van der Waals surface area contributed by atoms with E-state index in [1.807, 2.05) is 41.5 Å². The molecule has 2 rings (SSSR count). The molecule has 0 bridgehead atoms. The van der Waals surface area contributed by atoms with Crippen LogP contribution in [0.1, 0.15) is 53.8 Å². The second kappa shape index (κ2) is 8.52. The number of hydrogen-bond acceptors (Lipinski definition) is 4. The Morgan fingerprint density at radius 3 is 2.62 bits per heavy atom. The maximum atomic E-state index is 12.2. The quantitative estimate of drug-likeness (QED) is 0.930. The highest BCUT2D eigenvalue weighted by Crippen LogP contribution is 2.11. The van der Waals surface area contributed by atoms with Gasteiger partial charge in [-0.05, 0) is 39.3 Å². The lowest BCUT2D eigenvalue weighted by Crippen LogP contribution is -2.37. The van der Waals surface area contributed by atoms with Crippen LogP contribution in [0.3, 0.4) is 0 Å². The minimum absolute atomic E-state index is 0.201. The van der Waals surface area contributed by atoms with Gasteiger partial charge in [-0.3, -0.25) is 4.79 Å². The van der Waals surface area contributed by atoms with Gasteiger partial charge < -0.3 is 14.6 Å². The van der Waals surface area contributed by atoms with Gasteiger partial charge in [0.1, 0.15) is 16.9 Å². The number of carbonyl (C=O) groups is 1. The molecule has 0 unspecified atom stereocenters. The fourth-order valence-electron chi connectivity index (χ4n) is 2.07. The number of aromatic nitrogens is 3. The number of nitrogens with zero attached hydrogens (tertiary/aromatic N) is 3. The Morgan fingerprint density at radius 2 is 2.04 bits per heavy atom. The van der Waals surface area contributed by atoms with Crippen LogP contribution in [-0.4, -0.2) is 37.7 Å². The Morgan fingerprint density at radius 1 is 1.38 bits per heavy atom. The van der Waals surface area contributed by atoms with Crippen molar-refractivity contribution in [3.05, 3.63) is 34.5 Å². The maximum absolute atomic E-state index is 12.2. The normalized spacial score (nSPS) is 10.9. The summed E-state index contributed by atoms with van der Waals surface area (Å²) >= 11 is 0. The first-order valence-electron chi connectivity index (χ1n) is 8.34. The van der Waals surface area contributed by atoms with Crippen LogP contribution in [0.4, 0.5) is 4.79 Å². The molecule has 7 nitrogen and oxygen atoms in total. The van der Waals surface area contributed by atoms with E-state index in [2.05, 4.69) is 10.1 Å². The Balaban J connectivity index is 0.00000139.